The lowest BCUT2D eigenvalue weighted by Crippen LogP contribution is -2.35. The SMILES string of the molecule is COc1ccc(-n2c(C)cc([C@H]3[C@H](c4ccccn4)NC(=S)N3CCN(C)C)c2C)c([N+](=O)[O-])c1. The molecular weight excluding hydrogens is 464 g/mol. The van der Waals surface area contributed by atoms with Crippen molar-refractivity contribution in [1.82, 2.24) is 24.7 Å². The van der Waals surface area contributed by atoms with E-state index in [1.807, 2.05) is 50.7 Å². The number of hydrogen-bond donors (Lipinski definition) is 1. The number of nitrogens with one attached hydrogen (secondary N) is 1. The molecule has 184 valence electrons. The Balaban J connectivity index is 1.85. The van der Waals surface area contributed by atoms with Gasteiger partial charge in [-0.15, -0.1) is 0 Å². The summed E-state index contributed by atoms with van der Waals surface area (Å²) in [6.45, 7) is 5.53. The summed E-state index contributed by atoms with van der Waals surface area (Å²) in [4.78, 5) is 20.5. The zero-order valence-electron chi connectivity index (χ0n) is 20.6. The van der Waals surface area contributed by atoms with Gasteiger partial charge in [-0.25, -0.2) is 0 Å². The lowest BCUT2D eigenvalue weighted by molar-refractivity contribution is -0.384. The number of likely N-dealkylation sites (N-methyl/N-ethyl adjacent to an activating group) is 1. The number of nitrogens with zero attached hydrogens (tertiary/aromatic N) is 5. The Hall–Kier alpha value is -3.50. The maximum absolute atomic E-state index is 11.9. The van der Waals surface area contributed by atoms with Crippen LogP contribution in [0.3, 0.4) is 0 Å². The molecule has 3 aromatic rings. The molecule has 2 atom stereocenters. The number of nitro benzene ring substituents is 1. The van der Waals surface area contributed by atoms with Crippen LogP contribution in [0.4, 0.5) is 5.69 Å². The van der Waals surface area contributed by atoms with Gasteiger partial charge in [-0.1, -0.05) is 6.07 Å². The molecule has 1 N–H and O–H groups in total. The second kappa shape index (κ2) is 10.0. The number of aromatic nitrogens is 2. The van der Waals surface area contributed by atoms with Crippen LogP contribution >= 0.6 is 12.2 Å². The zero-order chi connectivity index (χ0) is 25.3. The molecular formula is C25H30N6O3S. The fourth-order valence-electron chi connectivity index (χ4n) is 4.72. The van der Waals surface area contributed by atoms with Crippen LogP contribution in [-0.4, -0.2) is 63.7 Å². The van der Waals surface area contributed by atoms with Crippen molar-refractivity contribution in [3.63, 3.8) is 0 Å². The van der Waals surface area contributed by atoms with E-state index in [1.165, 1.54) is 13.2 Å². The first-order chi connectivity index (χ1) is 16.7. The first kappa shape index (κ1) is 24.6. The number of thiocarbonyl (C=S) groups is 1. The van der Waals surface area contributed by atoms with Crippen molar-refractivity contribution in [1.29, 1.82) is 0 Å². The van der Waals surface area contributed by atoms with Gasteiger partial charge in [0.15, 0.2) is 5.11 Å². The molecule has 1 aliphatic rings. The van der Waals surface area contributed by atoms with E-state index < -0.39 is 0 Å². The molecule has 0 amide bonds. The minimum absolute atomic E-state index is 0.0106. The van der Waals surface area contributed by atoms with Gasteiger partial charge in [0.2, 0.25) is 0 Å². The number of rotatable bonds is 8. The number of methoxy groups -OCH3 is 1. The molecule has 0 spiro atoms. The number of nitro groups is 1. The fourth-order valence-corrected chi connectivity index (χ4v) is 5.05. The number of ether oxygens (including phenoxy) is 1. The third kappa shape index (κ3) is 4.71. The predicted octanol–water partition coefficient (Wildman–Crippen LogP) is 3.94. The highest BCUT2D eigenvalue weighted by molar-refractivity contribution is 7.80. The Morgan fingerprint density at radius 2 is 2.00 bits per heavy atom. The van der Waals surface area contributed by atoms with E-state index in [4.69, 9.17) is 17.0 Å². The quantitative estimate of drug-likeness (QED) is 0.286. The molecule has 9 nitrogen and oxygen atoms in total. The van der Waals surface area contributed by atoms with Crippen molar-refractivity contribution in [2.24, 2.45) is 0 Å². The van der Waals surface area contributed by atoms with Gasteiger partial charge in [-0.3, -0.25) is 15.1 Å². The average molecular weight is 495 g/mol. The van der Waals surface area contributed by atoms with Crippen LogP contribution in [-0.2, 0) is 0 Å². The molecule has 0 unspecified atom stereocenters. The van der Waals surface area contributed by atoms with Crippen LogP contribution in [0.25, 0.3) is 5.69 Å². The highest BCUT2D eigenvalue weighted by Crippen LogP contribution is 2.42. The van der Waals surface area contributed by atoms with E-state index >= 15 is 0 Å². The first-order valence-electron chi connectivity index (χ1n) is 11.4. The Labute approximate surface area is 210 Å². The Morgan fingerprint density at radius 3 is 2.63 bits per heavy atom. The molecule has 1 aromatic carbocycles. The summed E-state index contributed by atoms with van der Waals surface area (Å²) in [6, 6.07) is 12.6. The van der Waals surface area contributed by atoms with E-state index in [2.05, 4.69) is 26.2 Å². The van der Waals surface area contributed by atoms with Gasteiger partial charge >= 0.3 is 0 Å². The molecule has 1 aliphatic heterocycles. The van der Waals surface area contributed by atoms with Crippen molar-refractivity contribution in [3.05, 3.63) is 81.4 Å². The number of hydrogen-bond acceptors (Lipinski definition) is 6. The van der Waals surface area contributed by atoms with Crippen molar-refractivity contribution >= 4 is 23.0 Å². The maximum atomic E-state index is 11.9. The summed E-state index contributed by atoms with van der Waals surface area (Å²) in [6.07, 6.45) is 1.78. The van der Waals surface area contributed by atoms with E-state index in [-0.39, 0.29) is 22.7 Å². The monoisotopic (exact) mass is 494 g/mol. The van der Waals surface area contributed by atoms with Crippen LogP contribution in [0.5, 0.6) is 5.75 Å². The standard InChI is InChI=1S/C25H30N6O3S/c1-16-14-19(17(2)30(16)21-10-9-18(34-5)15-22(21)31(32)33)24-23(20-8-6-7-11-26-20)27-25(35)29(24)13-12-28(3)4/h6-11,14-15,23-24H,12-13H2,1-5H3,(H,27,35)/t23-,24-/m0/s1. The normalized spacial score (nSPS) is 17.7. The van der Waals surface area contributed by atoms with E-state index in [0.29, 0.717) is 16.5 Å². The highest BCUT2D eigenvalue weighted by Gasteiger charge is 2.41. The third-order valence-electron chi connectivity index (χ3n) is 6.39. The summed E-state index contributed by atoms with van der Waals surface area (Å²) in [5, 5.41) is 16.1. The van der Waals surface area contributed by atoms with Gasteiger partial charge in [0.05, 0.1) is 35.9 Å². The van der Waals surface area contributed by atoms with Crippen LogP contribution in [0.1, 0.15) is 34.7 Å². The summed E-state index contributed by atoms with van der Waals surface area (Å²) < 4.78 is 7.16. The van der Waals surface area contributed by atoms with Crippen molar-refractivity contribution in [2.45, 2.75) is 25.9 Å². The molecule has 1 fully saturated rings. The predicted molar refractivity (Wildman–Crippen MR) is 139 cm³/mol. The van der Waals surface area contributed by atoms with Crippen molar-refractivity contribution in [3.8, 4) is 11.4 Å². The molecule has 3 heterocycles. The average Bonchev–Trinajstić information content (AvgIpc) is 3.32. The van der Waals surface area contributed by atoms with Gasteiger partial charge in [0.25, 0.3) is 5.69 Å². The van der Waals surface area contributed by atoms with Gasteiger partial charge in [0.1, 0.15) is 11.4 Å². The smallest absolute Gasteiger partial charge is 0.296 e. The Kier molecular flexibility index (Phi) is 7.04. The van der Waals surface area contributed by atoms with Gasteiger partial charge in [-0.2, -0.15) is 0 Å². The van der Waals surface area contributed by atoms with Crippen LogP contribution < -0.4 is 10.1 Å². The third-order valence-corrected chi connectivity index (χ3v) is 6.75. The van der Waals surface area contributed by atoms with E-state index in [1.54, 1.807) is 18.3 Å². The molecule has 2 aromatic heterocycles. The molecule has 10 heteroatoms. The fraction of sp³-hybridized carbons (Fsp3) is 0.360. The molecule has 0 aliphatic carbocycles. The Morgan fingerprint density at radius 1 is 1.23 bits per heavy atom. The molecule has 0 saturated carbocycles. The minimum atomic E-state index is -0.372. The summed E-state index contributed by atoms with van der Waals surface area (Å²) in [7, 11) is 5.57. The molecule has 0 radical (unpaired) electrons. The van der Waals surface area contributed by atoms with Gasteiger partial charge in [0, 0.05) is 30.7 Å². The first-order valence-corrected chi connectivity index (χ1v) is 11.8. The van der Waals surface area contributed by atoms with Crippen LogP contribution in [0, 0.1) is 24.0 Å². The van der Waals surface area contributed by atoms with Gasteiger partial charge < -0.3 is 24.4 Å². The lowest BCUT2D eigenvalue weighted by atomic mass is 9.96. The highest BCUT2D eigenvalue weighted by atomic mass is 32.1. The number of benzene rings is 1. The van der Waals surface area contributed by atoms with Crippen LogP contribution in [0.2, 0.25) is 0 Å². The second-order valence-electron chi connectivity index (χ2n) is 8.90. The Bertz CT molecular complexity index is 1240. The number of pyridine rings is 1. The van der Waals surface area contributed by atoms with Gasteiger partial charge in [-0.05, 0) is 76.1 Å². The molecule has 35 heavy (non-hydrogen) atoms. The minimum Gasteiger partial charge on any atom is -0.496 e. The maximum Gasteiger partial charge on any atom is 0.296 e. The van der Waals surface area contributed by atoms with E-state index in [0.717, 1.165) is 35.7 Å². The van der Waals surface area contributed by atoms with E-state index in [9.17, 15) is 10.1 Å². The topological polar surface area (TPSA) is 88.7 Å². The van der Waals surface area contributed by atoms with Crippen LogP contribution in [0.15, 0.2) is 48.7 Å². The lowest BCUT2D eigenvalue weighted by Gasteiger charge is -2.29. The zero-order valence-corrected chi connectivity index (χ0v) is 21.4. The molecule has 1 saturated heterocycles. The molecule has 0 bridgehead atoms. The van der Waals surface area contributed by atoms with Crippen molar-refractivity contribution < 1.29 is 9.66 Å². The second-order valence-corrected chi connectivity index (χ2v) is 9.28. The summed E-state index contributed by atoms with van der Waals surface area (Å²) in [5.74, 6) is 0.443. The summed E-state index contributed by atoms with van der Waals surface area (Å²) >= 11 is 5.76. The number of aryl methyl sites for hydroxylation is 1. The summed E-state index contributed by atoms with van der Waals surface area (Å²) in [5.41, 5.74) is 4.25. The molecule has 4 rings (SSSR count). The largest absolute Gasteiger partial charge is 0.496 e. The van der Waals surface area contributed by atoms with Crippen molar-refractivity contribution in [2.75, 3.05) is 34.3 Å².